The molecule has 16 heavy (non-hydrogen) atoms. The van der Waals surface area contributed by atoms with Gasteiger partial charge in [-0.25, -0.2) is 4.98 Å². The quantitative estimate of drug-likeness (QED) is 0.751. The van der Waals surface area contributed by atoms with Gasteiger partial charge in [-0.3, -0.25) is 4.90 Å². The molecule has 1 aromatic heterocycles. The van der Waals surface area contributed by atoms with E-state index >= 15 is 0 Å². The van der Waals surface area contributed by atoms with Gasteiger partial charge in [0, 0.05) is 44.1 Å². The Kier molecular flexibility index (Phi) is 4.33. The third-order valence-corrected chi connectivity index (χ3v) is 2.83. The SMILES string of the molecule is CC(CN1CCOCC1)NCc1cnc[nH]1. The van der Waals surface area contributed by atoms with E-state index in [9.17, 15) is 0 Å². The topological polar surface area (TPSA) is 53.2 Å². The molecule has 1 fully saturated rings. The lowest BCUT2D eigenvalue weighted by Crippen LogP contribution is -2.44. The van der Waals surface area contributed by atoms with E-state index in [1.54, 1.807) is 6.33 Å². The summed E-state index contributed by atoms with van der Waals surface area (Å²) in [6.07, 6.45) is 3.57. The number of H-pyrrole nitrogens is 1. The Bertz CT molecular complexity index is 282. The van der Waals surface area contributed by atoms with E-state index in [0.717, 1.165) is 45.1 Å². The van der Waals surface area contributed by atoms with E-state index in [1.807, 2.05) is 6.20 Å². The number of hydrogen-bond donors (Lipinski definition) is 2. The minimum atomic E-state index is 0.487. The van der Waals surface area contributed by atoms with E-state index in [2.05, 4.69) is 27.1 Å². The van der Waals surface area contributed by atoms with Crippen molar-refractivity contribution in [3.63, 3.8) is 0 Å². The predicted molar refractivity (Wildman–Crippen MR) is 62.1 cm³/mol. The molecular formula is C11H20N4O. The van der Waals surface area contributed by atoms with Crippen molar-refractivity contribution in [3.8, 4) is 0 Å². The van der Waals surface area contributed by atoms with Crippen LogP contribution >= 0.6 is 0 Å². The van der Waals surface area contributed by atoms with Crippen LogP contribution < -0.4 is 5.32 Å². The van der Waals surface area contributed by atoms with E-state index < -0.39 is 0 Å². The molecule has 1 aliphatic rings. The smallest absolute Gasteiger partial charge is 0.0922 e. The number of nitrogens with zero attached hydrogens (tertiary/aromatic N) is 2. The third-order valence-electron chi connectivity index (χ3n) is 2.83. The molecule has 0 radical (unpaired) electrons. The van der Waals surface area contributed by atoms with Crippen molar-refractivity contribution in [1.82, 2.24) is 20.2 Å². The molecule has 90 valence electrons. The van der Waals surface area contributed by atoms with Gasteiger partial charge in [-0.15, -0.1) is 0 Å². The molecule has 0 amide bonds. The lowest BCUT2D eigenvalue weighted by molar-refractivity contribution is 0.0343. The number of hydrogen-bond acceptors (Lipinski definition) is 4. The van der Waals surface area contributed by atoms with Gasteiger partial charge in [0.15, 0.2) is 0 Å². The maximum atomic E-state index is 5.32. The zero-order valence-corrected chi connectivity index (χ0v) is 9.78. The molecule has 2 heterocycles. The summed E-state index contributed by atoms with van der Waals surface area (Å²) < 4.78 is 5.32. The molecule has 1 aromatic rings. The van der Waals surface area contributed by atoms with Crippen molar-refractivity contribution in [2.75, 3.05) is 32.8 Å². The highest BCUT2D eigenvalue weighted by Gasteiger charge is 2.13. The molecule has 0 spiro atoms. The lowest BCUT2D eigenvalue weighted by atomic mass is 10.3. The molecule has 0 saturated carbocycles. The van der Waals surface area contributed by atoms with Crippen LogP contribution in [0.15, 0.2) is 12.5 Å². The van der Waals surface area contributed by atoms with Gasteiger partial charge < -0.3 is 15.0 Å². The first-order valence-corrected chi connectivity index (χ1v) is 5.85. The van der Waals surface area contributed by atoms with Crippen LogP contribution in [0.4, 0.5) is 0 Å². The van der Waals surface area contributed by atoms with Gasteiger partial charge >= 0.3 is 0 Å². The summed E-state index contributed by atoms with van der Waals surface area (Å²) in [7, 11) is 0. The van der Waals surface area contributed by atoms with Crippen LogP contribution in [0.1, 0.15) is 12.6 Å². The second kappa shape index (κ2) is 5.98. The van der Waals surface area contributed by atoms with Gasteiger partial charge in [-0.05, 0) is 6.92 Å². The lowest BCUT2D eigenvalue weighted by Gasteiger charge is -2.29. The zero-order valence-electron chi connectivity index (χ0n) is 9.78. The van der Waals surface area contributed by atoms with E-state index in [4.69, 9.17) is 4.74 Å². The molecular weight excluding hydrogens is 204 g/mol. The summed E-state index contributed by atoms with van der Waals surface area (Å²) in [4.78, 5) is 9.52. The summed E-state index contributed by atoms with van der Waals surface area (Å²) in [6, 6.07) is 0.487. The van der Waals surface area contributed by atoms with Gasteiger partial charge in [0.1, 0.15) is 0 Å². The summed E-state index contributed by atoms with van der Waals surface area (Å²) in [5, 5.41) is 3.48. The first-order chi connectivity index (χ1) is 7.84. The molecule has 5 nitrogen and oxygen atoms in total. The Morgan fingerprint density at radius 3 is 3.06 bits per heavy atom. The maximum absolute atomic E-state index is 5.32. The van der Waals surface area contributed by atoms with Crippen molar-refractivity contribution in [2.45, 2.75) is 19.5 Å². The summed E-state index contributed by atoms with van der Waals surface area (Å²) >= 11 is 0. The minimum absolute atomic E-state index is 0.487. The summed E-state index contributed by atoms with van der Waals surface area (Å²) in [5.41, 5.74) is 1.13. The molecule has 2 rings (SSSR count). The number of nitrogens with one attached hydrogen (secondary N) is 2. The van der Waals surface area contributed by atoms with Crippen molar-refractivity contribution in [2.24, 2.45) is 0 Å². The number of ether oxygens (including phenoxy) is 1. The highest BCUT2D eigenvalue weighted by atomic mass is 16.5. The standard InChI is InChI=1S/C11H20N4O/c1-10(8-15-2-4-16-5-3-15)13-7-11-6-12-9-14-11/h6,9-10,13H,2-5,7-8H2,1H3,(H,12,14). The van der Waals surface area contributed by atoms with E-state index in [1.165, 1.54) is 0 Å². The van der Waals surface area contributed by atoms with Gasteiger partial charge in [0.25, 0.3) is 0 Å². The number of rotatable bonds is 5. The Morgan fingerprint density at radius 2 is 2.38 bits per heavy atom. The van der Waals surface area contributed by atoms with E-state index in [0.29, 0.717) is 6.04 Å². The van der Waals surface area contributed by atoms with Crippen LogP contribution in [0.2, 0.25) is 0 Å². The van der Waals surface area contributed by atoms with E-state index in [-0.39, 0.29) is 0 Å². The van der Waals surface area contributed by atoms with Crippen molar-refractivity contribution < 1.29 is 4.74 Å². The largest absolute Gasteiger partial charge is 0.379 e. The Balaban J connectivity index is 1.65. The zero-order chi connectivity index (χ0) is 11.2. The first kappa shape index (κ1) is 11.6. The molecule has 0 bridgehead atoms. The van der Waals surface area contributed by atoms with Gasteiger partial charge in [-0.1, -0.05) is 0 Å². The average molecular weight is 224 g/mol. The predicted octanol–water partition coefficient (Wildman–Crippen LogP) is 0.220. The second-order valence-corrected chi connectivity index (χ2v) is 4.27. The number of imidazole rings is 1. The normalized spacial score (nSPS) is 19.8. The van der Waals surface area contributed by atoms with Gasteiger partial charge in [-0.2, -0.15) is 0 Å². The van der Waals surface area contributed by atoms with Crippen molar-refractivity contribution in [1.29, 1.82) is 0 Å². The third kappa shape index (κ3) is 3.59. The van der Waals surface area contributed by atoms with Crippen LogP contribution in [0.25, 0.3) is 0 Å². The van der Waals surface area contributed by atoms with Crippen LogP contribution in [-0.4, -0.2) is 53.8 Å². The van der Waals surface area contributed by atoms with Gasteiger partial charge in [0.05, 0.1) is 19.5 Å². The Labute approximate surface area is 96.2 Å². The fourth-order valence-electron chi connectivity index (χ4n) is 1.90. The highest BCUT2D eigenvalue weighted by molar-refractivity contribution is 4.93. The minimum Gasteiger partial charge on any atom is -0.379 e. The molecule has 1 saturated heterocycles. The first-order valence-electron chi connectivity index (χ1n) is 5.85. The summed E-state index contributed by atoms with van der Waals surface area (Å²) in [6.45, 7) is 7.99. The van der Waals surface area contributed by atoms with Crippen LogP contribution in [0.3, 0.4) is 0 Å². The Hall–Kier alpha value is -0.910. The monoisotopic (exact) mass is 224 g/mol. The van der Waals surface area contributed by atoms with Crippen LogP contribution in [0.5, 0.6) is 0 Å². The fraction of sp³-hybridized carbons (Fsp3) is 0.727. The maximum Gasteiger partial charge on any atom is 0.0922 e. The average Bonchev–Trinajstić information content (AvgIpc) is 2.81. The molecule has 2 N–H and O–H groups in total. The van der Waals surface area contributed by atoms with Gasteiger partial charge in [0.2, 0.25) is 0 Å². The van der Waals surface area contributed by atoms with Crippen LogP contribution in [-0.2, 0) is 11.3 Å². The van der Waals surface area contributed by atoms with Crippen molar-refractivity contribution in [3.05, 3.63) is 18.2 Å². The highest BCUT2D eigenvalue weighted by Crippen LogP contribution is 1.99. The Morgan fingerprint density at radius 1 is 1.56 bits per heavy atom. The number of morpholine rings is 1. The van der Waals surface area contributed by atoms with Crippen LogP contribution in [0, 0.1) is 0 Å². The molecule has 1 aliphatic heterocycles. The number of aromatic nitrogens is 2. The fourth-order valence-corrected chi connectivity index (χ4v) is 1.90. The molecule has 5 heteroatoms. The molecule has 0 aromatic carbocycles. The van der Waals surface area contributed by atoms with Crippen molar-refractivity contribution >= 4 is 0 Å². The second-order valence-electron chi connectivity index (χ2n) is 4.27. The summed E-state index contributed by atoms with van der Waals surface area (Å²) in [5.74, 6) is 0. The molecule has 0 aliphatic carbocycles. The molecule has 1 unspecified atom stereocenters. The molecule has 1 atom stereocenters. The number of aromatic amines is 1.